The van der Waals surface area contributed by atoms with Gasteiger partial charge in [-0.3, -0.25) is 0 Å². The van der Waals surface area contributed by atoms with Crippen LogP contribution < -0.4 is 10.6 Å². The zero-order valence-electron chi connectivity index (χ0n) is 12.6. The smallest absolute Gasteiger partial charge is 0.315 e. The van der Waals surface area contributed by atoms with Gasteiger partial charge in [0.2, 0.25) is 0 Å². The van der Waals surface area contributed by atoms with Crippen molar-refractivity contribution in [2.75, 3.05) is 6.61 Å². The van der Waals surface area contributed by atoms with Gasteiger partial charge in [-0.25, -0.2) is 9.78 Å². The number of hydrogen-bond donors (Lipinski definition) is 3. The van der Waals surface area contributed by atoms with Gasteiger partial charge in [0.05, 0.1) is 6.54 Å². The van der Waals surface area contributed by atoms with E-state index in [9.17, 15) is 4.79 Å². The second kappa shape index (κ2) is 7.26. The lowest BCUT2D eigenvalue weighted by Gasteiger charge is -2.14. The van der Waals surface area contributed by atoms with Crippen LogP contribution in [0.1, 0.15) is 26.1 Å². The highest BCUT2D eigenvalue weighted by molar-refractivity contribution is 5.74. The van der Waals surface area contributed by atoms with Crippen molar-refractivity contribution in [2.24, 2.45) is 11.8 Å². The summed E-state index contributed by atoms with van der Waals surface area (Å²) in [6.07, 6.45) is 8.32. The molecule has 3 N–H and O–H groups in total. The van der Waals surface area contributed by atoms with Gasteiger partial charge >= 0.3 is 6.03 Å². The molecular formula is C15H24N4O2. The van der Waals surface area contributed by atoms with Crippen LogP contribution in [0.15, 0.2) is 24.5 Å². The van der Waals surface area contributed by atoms with Crippen LogP contribution in [0.25, 0.3) is 0 Å². The maximum Gasteiger partial charge on any atom is 0.315 e. The van der Waals surface area contributed by atoms with Crippen LogP contribution in [0.5, 0.6) is 0 Å². The molecule has 0 aliphatic heterocycles. The predicted molar refractivity (Wildman–Crippen MR) is 80.6 cm³/mol. The van der Waals surface area contributed by atoms with Gasteiger partial charge in [-0.2, -0.15) is 0 Å². The lowest BCUT2D eigenvalue weighted by Crippen LogP contribution is -2.41. The average molecular weight is 292 g/mol. The molecule has 6 nitrogen and oxygen atoms in total. The van der Waals surface area contributed by atoms with Crippen molar-refractivity contribution in [1.82, 2.24) is 20.2 Å². The number of hydrogen-bond acceptors (Lipinski definition) is 3. The molecule has 116 valence electrons. The normalized spacial score (nSPS) is 21.0. The van der Waals surface area contributed by atoms with E-state index >= 15 is 0 Å². The zero-order valence-corrected chi connectivity index (χ0v) is 12.6. The Labute approximate surface area is 125 Å². The van der Waals surface area contributed by atoms with E-state index < -0.39 is 0 Å². The lowest BCUT2D eigenvalue weighted by molar-refractivity contribution is 0.231. The van der Waals surface area contributed by atoms with Crippen LogP contribution in [0.2, 0.25) is 0 Å². The Hall–Kier alpha value is -1.82. The van der Waals surface area contributed by atoms with Crippen molar-refractivity contribution in [2.45, 2.75) is 39.4 Å². The van der Waals surface area contributed by atoms with Gasteiger partial charge in [0.15, 0.2) is 0 Å². The van der Waals surface area contributed by atoms with Crippen LogP contribution in [0.4, 0.5) is 4.79 Å². The molecule has 2 atom stereocenters. The molecular weight excluding hydrogens is 268 g/mol. The van der Waals surface area contributed by atoms with Crippen LogP contribution in [0.3, 0.4) is 0 Å². The molecule has 1 heterocycles. The molecule has 0 bridgehead atoms. The summed E-state index contributed by atoms with van der Waals surface area (Å²) in [6, 6.07) is -0.208. The number of amides is 2. The third-order valence-electron chi connectivity index (χ3n) is 3.49. The first-order chi connectivity index (χ1) is 10.1. The number of nitrogens with zero attached hydrogens (tertiary/aromatic N) is 2. The second-order valence-corrected chi connectivity index (χ2v) is 5.89. The summed E-state index contributed by atoms with van der Waals surface area (Å²) in [6.45, 7) is 5.72. The molecule has 2 amide bonds. The van der Waals surface area contributed by atoms with Crippen LogP contribution in [0, 0.1) is 11.8 Å². The third-order valence-corrected chi connectivity index (χ3v) is 3.49. The standard InChI is InChI=1S/C15H24N4O2/c1-11(2)9-19-6-5-16-14(19)8-17-15(21)18-13-4-3-12(7-13)10-20/h3-6,11-13,20H,7-10H2,1-2H3,(H2,17,18,21)/t12-,13+/m0/s1. The summed E-state index contributed by atoms with van der Waals surface area (Å²) in [5, 5.41) is 14.8. The van der Waals surface area contributed by atoms with Crippen LogP contribution in [-0.2, 0) is 13.1 Å². The number of imidazole rings is 1. The molecule has 0 unspecified atom stereocenters. The summed E-state index contributed by atoms with van der Waals surface area (Å²) in [5.74, 6) is 1.54. The Balaban J connectivity index is 1.77. The maximum absolute atomic E-state index is 11.9. The van der Waals surface area contributed by atoms with Gasteiger partial charge < -0.3 is 20.3 Å². The third kappa shape index (κ3) is 4.60. The molecule has 0 saturated carbocycles. The minimum absolute atomic E-state index is 0.00226. The number of carbonyl (C=O) groups excluding carboxylic acids is 1. The molecule has 0 fully saturated rings. The Kier molecular flexibility index (Phi) is 5.38. The van der Waals surface area contributed by atoms with Crippen molar-refractivity contribution < 1.29 is 9.90 Å². The number of urea groups is 1. The summed E-state index contributed by atoms with van der Waals surface area (Å²) < 4.78 is 2.06. The van der Waals surface area contributed by atoms with E-state index in [2.05, 4.69) is 34.0 Å². The van der Waals surface area contributed by atoms with Crippen molar-refractivity contribution in [1.29, 1.82) is 0 Å². The van der Waals surface area contributed by atoms with Gasteiger partial charge in [-0.1, -0.05) is 26.0 Å². The Morgan fingerprint density at radius 3 is 3.00 bits per heavy atom. The minimum atomic E-state index is -0.206. The average Bonchev–Trinajstić information content (AvgIpc) is 3.05. The topological polar surface area (TPSA) is 79.2 Å². The predicted octanol–water partition coefficient (Wildman–Crippen LogP) is 1.28. The quantitative estimate of drug-likeness (QED) is 0.691. The fraction of sp³-hybridized carbons (Fsp3) is 0.600. The Morgan fingerprint density at radius 2 is 2.33 bits per heavy atom. The summed E-state index contributed by atoms with van der Waals surface area (Å²) >= 11 is 0. The Bertz CT molecular complexity index is 496. The number of nitrogens with one attached hydrogen (secondary N) is 2. The van der Waals surface area contributed by atoms with E-state index in [0.717, 1.165) is 18.8 Å². The van der Waals surface area contributed by atoms with E-state index in [4.69, 9.17) is 5.11 Å². The van der Waals surface area contributed by atoms with Gasteiger partial charge in [0.1, 0.15) is 5.82 Å². The summed E-state index contributed by atoms with van der Waals surface area (Å²) in [7, 11) is 0. The number of carbonyl (C=O) groups is 1. The highest BCUT2D eigenvalue weighted by Gasteiger charge is 2.19. The second-order valence-electron chi connectivity index (χ2n) is 5.89. The van der Waals surface area contributed by atoms with E-state index in [1.807, 2.05) is 18.3 Å². The molecule has 21 heavy (non-hydrogen) atoms. The zero-order chi connectivity index (χ0) is 15.2. The van der Waals surface area contributed by atoms with E-state index in [0.29, 0.717) is 12.5 Å². The fourth-order valence-electron chi connectivity index (χ4n) is 2.46. The fourth-order valence-corrected chi connectivity index (χ4v) is 2.46. The number of aromatic nitrogens is 2. The SMILES string of the molecule is CC(C)Cn1ccnc1CNC(=O)N[C@@H]1C=C[C@H](CO)C1. The largest absolute Gasteiger partial charge is 0.396 e. The van der Waals surface area contributed by atoms with E-state index in [1.165, 1.54) is 0 Å². The van der Waals surface area contributed by atoms with Gasteiger partial charge in [0, 0.05) is 37.5 Å². The van der Waals surface area contributed by atoms with Gasteiger partial charge in [-0.15, -0.1) is 0 Å². The van der Waals surface area contributed by atoms with Gasteiger partial charge in [0.25, 0.3) is 0 Å². The number of aliphatic hydroxyl groups excluding tert-OH is 1. The molecule has 0 saturated heterocycles. The first-order valence-electron chi connectivity index (χ1n) is 7.42. The highest BCUT2D eigenvalue weighted by atomic mass is 16.3. The summed E-state index contributed by atoms with van der Waals surface area (Å²) in [5.41, 5.74) is 0. The van der Waals surface area contributed by atoms with Crippen LogP contribution in [-0.4, -0.2) is 33.3 Å². The minimum Gasteiger partial charge on any atom is -0.396 e. The molecule has 6 heteroatoms. The van der Waals surface area contributed by atoms with Crippen LogP contribution >= 0.6 is 0 Å². The molecule has 1 aromatic rings. The monoisotopic (exact) mass is 292 g/mol. The highest BCUT2D eigenvalue weighted by Crippen LogP contribution is 2.16. The first-order valence-corrected chi connectivity index (χ1v) is 7.42. The van der Waals surface area contributed by atoms with E-state index in [-0.39, 0.29) is 24.6 Å². The molecule has 1 aliphatic rings. The molecule has 0 aromatic carbocycles. The molecule has 0 radical (unpaired) electrons. The van der Waals surface area contributed by atoms with Crippen molar-refractivity contribution in [3.63, 3.8) is 0 Å². The molecule has 1 aliphatic carbocycles. The summed E-state index contributed by atoms with van der Waals surface area (Å²) in [4.78, 5) is 16.1. The van der Waals surface area contributed by atoms with Crippen molar-refractivity contribution >= 4 is 6.03 Å². The Morgan fingerprint density at radius 1 is 1.52 bits per heavy atom. The number of rotatable bonds is 6. The van der Waals surface area contributed by atoms with Crippen molar-refractivity contribution in [3.05, 3.63) is 30.4 Å². The molecule has 2 rings (SSSR count). The number of aliphatic hydroxyl groups is 1. The van der Waals surface area contributed by atoms with Crippen molar-refractivity contribution in [3.8, 4) is 0 Å². The van der Waals surface area contributed by atoms with Gasteiger partial charge in [-0.05, 0) is 12.3 Å². The first kappa shape index (κ1) is 15.6. The molecule has 0 spiro atoms. The lowest BCUT2D eigenvalue weighted by atomic mass is 10.1. The molecule has 1 aromatic heterocycles. The maximum atomic E-state index is 11.9. The van der Waals surface area contributed by atoms with E-state index in [1.54, 1.807) is 6.20 Å².